The molecule has 3 atom stereocenters. The summed E-state index contributed by atoms with van der Waals surface area (Å²) >= 11 is 0. The first kappa shape index (κ1) is 22.1. The third-order valence-electron chi connectivity index (χ3n) is 6.56. The predicted molar refractivity (Wildman–Crippen MR) is 118 cm³/mol. The number of benzene rings is 2. The molecule has 4 rings (SSSR count). The van der Waals surface area contributed by atoms with Crippen LogP contribution in [0, 0.1) is 23.6 Å². The zero-order chi connectivity index (χ0) is 22.7. The number of carbonyl (C=O) groups is 3. The molecule has 0 spiro atoms. The number of amides is 2. The van der Waals surface area contributed by atoms with Crippen molar-refractivity contribution < 1.29 is 18.8 Å². The van der Waals surface area contributed by atoms with E-state index in [4.69, 9.17) is 5.73 Å². The van der Waals surface area contributed by atoms with Crippen molar-refractivity contribution in [2.24, 2.45) is 23.5 Å². The van der Waals surface area contributed by atoms with Crippen molar-refractivity contribution >= 4 is 17.6 Å². The number of hydrogen-bond donors (Lipinski definition) is 1. The van der Waals surface area contributed by atoms with Crippen LogP contribution in [0.4, 0.5) is 4.39 Å². The summed E-state index contributed by atoms with van der Waals surface area (Å²) in [5.41, 5.74) is 7.00. The molecule has 2 aliphatic heterocycles. The molecular formula is C25H28FN3O3. The molecule has 168 valence electrons. The zero-order valence-electron chi connectivity index (χ0n) is 18.0. The average Bonchev–Trinajstić information content (AvgIpc) is 3.23. The maximum Gasteiger partial charge on any atom is 0.227 e. The van der Waals surface area contributed by atoms with Crippen molar-refractivity contribution in [1.82, 2.24) is 9.80 Å². The van der Waals surface area contributed by atoms with E-state index in [1.54, 1.807) is 4.90 Å². The second-order valence-electron chi connectivity index (χ2n) is 8.79. The second-order valence-corrected chi connectivity index (χ2v) is 8.79. The molecule has 7 heteroatoms. The van der Waals surface area contributed by atoms with Gasteiger partial charge >= 0.3 is 0 Å². The van der Waals surface area contributed by atoms with Crippen molar-refractivity contribution in [1.29, 1.82) is 0 Å². The number of ketones is 1. The van der Waals surface area contributed by atoms with E-state index in [0.29, 0.717) is 44.7 Å². The first-order valence-electron chi connectivity index (χ1n) is 11.1. The van der Waals surface area contributed by atoms with Gasteiger partial charge in [0.2, 0.25) is 11.8 Å². The van der Waals surface area contributed by atoms with Crippen LogP contribution >= 0.6 is 0 Å². The van der Waals surface area contributed by atoms with Gasteiger partial charge in [-0.15, -0.1) is 0 Å². The number of Topliss-reactive ketones (excluding diaryl/α,β-unsaturated/α-hetero) is 1. The largest absolute Gasteiger partial charge is 0.369 e. The third kappa shape index (κ3) is 4.88. The van der Waals surface area contributed by atoms with E-state index in [9.17, 15) is 18.8 Å². The first-order chi connectivity index (χ1) is 15.4. The number of piperidine rings is 1. The highest BCUT2D eigenvalue weighted by molar-refractivity contribution is 6.01. The van der Waals surface area contributed by atoms with Crippen molar-refractivity contribution in [2.45, 2.75) is 19.4 Å². The van der Waals surface area contributed by atoms with E-state index in [-0.39, 0.29) is 17.6 Å². The van der Waals surface area contributed by atoms with Gasteiger partial charge in [-0.25, -0.2) is 4.39 Å². The van der Waals surface area contributed by atoms with E-state index in [2.05, 4.69) is 4.90 Å². The Morgan fingerprint density at radius 3 is 2.31 bits per heavy atom. The standard InChI is InChI=1S/C25H28FN3O3/c26-20-10-8-18(9-11-20)23(30)21-15-28(13-17-5-2-1-3-6-17)16-22(21)25(32)29-12-4-7-19(14-29)24(27)31/h1-3,5-6,8-11,19,21-22H,4,7,12-16H2,(H2,27,31)/t19?,21-,22-/m1/s1. The minimum Gasteiger partial charge on any atom is -0.369 e. The Morgan fingerprint density at radius 1 is 0.938 bits per heavy atom. The molecular weight excluding hydrogens is 409 g/mol. The lowest BCUT2D eigenvalue weighted by molar-refractivity contribution is -0.139. The molecule has 0 aliphatic carbocycles. The van der Waals surface area contributed by atoms with Gasteiger partial charge in [0.15, 0.2) is 5.78 Å². The van der Waals surface area contributed by atoms with E-state index in [0.717, 1.165) is 12.0 Å². The summed E-state index contributed by atoms with van der Waals surface area (Å²) in [6, 6.07) is 15.4. The van der Waals surface area contributed by atoms with Crippen LogP contribution in [0.5, 0.6) is 0 Å². The Hall–Kier alpha value is -3.06. The molecule has 2 fully saturated rings. The number of hydrogen-bond acceptors (Lipinski definition) is 4. The predicted octanol–water partition coefficient (Wildman–Crippen LogP) is 2.48. The minimum atomic E-state index is -0.523. The summed E-state index contributed by atoms with van der Waals surface area (Å²) in [5.74, 6) is -2.43. The first-order valence-corrected chi connectivity index (χ1v) is 11.1. The van der Waals surface area contributed by atoms with Crippen molar-refractivity contribution in [3.05, 3.63) is 71.5 Å². The molecule has 2 heterocycles. The highest BCUT2D eigenvalue weighted by Crippen LogP contribution is 2.31. The average molecular weight is 438 g/mol. The number of rotatable bonds is 6. The molecule has 0 saturated carbocycles. The Labute approximate surface area is 187 Å². The lowest BCUT2D eigenvalue weighted by Gasteiger charge is -2.34. The van der Waals surface area contributed by atoms with Crippen LogP contribution in [-0.2, 0) is 16.1 Å². The number of likely N-dealkylation sites (tertiary alicyclic amines) is 2. The van der Waals surface area contributed by atoms with E-state index in [1.165, 1.54) is 24.3 Å². The molecule has 0 aromatic heterocycles. The maximum atomic E-state index is 13.5. The SMILES string of the molecule is NC(=O)C1CCCN(C(=O)[C@@H]2CN(Cc3ccccc3)C[C@H]2C(=O)c2ccc(F)cc2)C1. The van der Waals surface area contributed by atoms with Gasteiger partial charge in [0.25, 0.3) is 0 Å². The summed E-state index contributed by atoms with van der Waals surface area (Å²) in [6.07, 6.45) is 1.40. The molecule has 0 bridgehead atoms. The summed E-state index contributed by atoms with van der Waals surface area (Å²) in [5, 5.41) is 0. The van der Waals surface area contributed by atoms with Crippen molar-refractivity contribution in [2.75, 3.05) is 26.2 Å². The number of nitrogens with zero attached hydrogens (tertiary/aromatic N) is 2. The fraction of sp³-hybridized carbons (Fsp3) is 0.400. The second kappa shape index (κ2) is 9.61. The van der Waals surface area contributed by atoms with Crippen LogP contribution in [0.25, 0.3) is 0 Å². The van der Waals surface area contributed by atoms with Crippen LogP contribution in [0.2, 0.25) is 0 Å². The summed E-state index contributed by atoms with van der Waals surface area (Å²) in [6.45, 7) is 2.43. The third-order valence-corrected chi connectivity index (χ3v) is 6.56. The summed E-state index contributed by atoms with van der Waals surface area (Å²) in [7, 11) is 0. The molecule has 2 amide bonds. The Bertz CT molecular complexity index is 980. The highest BCUT2D eigenvalue weighted by Gasteiger charge is 2.44. The van der Waals surface area contributed by atoms with Crippen LogP contribution in [0.3, 0.4) is 0 Å². The molecule has 2 saturated heterocycles. The van der Waals surface area contributed by atoms with Gasteiger partial charge in [0.05, 0.1) is 11.8 Å². The lowest BCUT2D eigenvalue weighted by atomic mass is 9.86. The normalized spacial score (nSPS) is 23.8. The topological polar surface area (TPSA) is 83.7 Å². The maximum absolute atomic E-state index is 13.5. The molecule has 0 radical (unpaired) electrons. The minimum absolute atomic E-state index is 0.105. The van der Waals surface area contributed by atoms with Gasteiger partial charge in [0.1, 0.15) is 5.82 Å². The van der Waals surface area contributed by atoms with Gasteiger partial charge in [-0.3, -0.25) is 19.3 Å². The molecule has 2 aromatic rings. The quantitative estimate of drug-likeness (QED) is 0.704. The molecule has 6 nitrogen and oxygen atoms in total. The van der Waals surface area contributed by atoms with Crippen LogP contribution < -0.4 is 5.73 Å². The molecule has 2 N–H and O–H groups in total. The Morgan fingerprint density at radius 2 is 1.62 bits per heavy atom. The highest BCUT2D eigenvalue weighted by atomic mass is 19.1. The van der Waals surface area contributed by atoms with Crippen molar-refractivity contribution in [3.63, 3.8) is 0 Å². The summed E-state index contributed by atoms with van der Waals surface area (Å²) in [4.78, 5) is 42.3. The monoisotopic (exact) mass is 437 g/mol. The van der Waals surface area contributed by atoms with Gasteiger partial charge in [-0.1, -0.05) is 30.3 Å². The van der Waals surface area contributed by atoms with Gasteiger partial charge in [0, 0.05) is 44.2 Å². The van der Waals surface area contributed by atoms with E-state index in [1.807, 2.05) is 30.3 Å². The summed E-state index contributed by atoms with van der Waals surface area (Å²) < 4.78 is 13.4. The molecule has 2 aromatic carbocycles. The molecule has 1 unspecified atom stereocenters. The van der Waals surface area contributed by atoms with Crippen LogP contribution in [0.15, 0.2) is 54.6 Å². The van der Waals surface area contributed by atoms with E-state index < -0.39 is 23.6 Å². The smallest absolute Gasteiger partial charge is 0.227 e. The molecule has 32 heavy (non-hydrogen) atoms. The number of halogens is 1. The zero-order valence-corrected chi connectivity index (χ0v) is 18.0. The van der Waals surface area contributed by atoms with Crippen LogP contribution in [-0.4, -0.2) is 53.6 Å². The van der Waals surface area contributed by atoms with E-state index >= 15 is 0 Å². The molecule has 2 aliphatic rings. The van der Waals surface area contributed by atoms with Gasteiger partial charge in [-0.05, 0) is 42.7 Å². The van der Waals surface area contributed by atoms with Gasteiger partial charge in [-0.2, -0.15) is 0 Å². The fourth-order valence-corrected chi connectivity index (χ4v) is 4.84. The number of primary amides is 1. The van der Waals surface area contributed by atoms with Gasteiger partial charge < -0.3 is 10.6 Å². The van der Waals surface area contributed by atoms with Crippen molar-refractivity contribution in [3.8, 4) is 0 Å². The number of carbonyl (C=O) groups excluding carboxylic acids is 3. The van der Waals surface area contributed by atoms with Crippen LogP contribution in [0.1, 0.15) is 28.8 Å². The fourth-order valence-electron chi connectivity index (χ4n) is 4.84. The lowest BCUT2D eigenvalue weighted by Crippen LogP contribution is -2.48. The Kier molecular flexibility index (Phi) is 6.65. The number of nitrogens with two attached hydrogens (primary N) is 1. The Balaban J connectivity index is 1.55.